The van der Waals surface area contributed by atoms with Gasteiger partial charge in [0.05, 0.1) is 6.54 Å². The Bertz CT molecular complexity index is 323. The zero-order valence-electron chi connectivity index (χ0n) is 9.04. The second kappa shape index (κ2) is 6.58. The van der Waals surface area contributed by atoms with Crippen molar-refractivity contribution in [2.24, 2.45) is 0 Å². The second-order valence-corrected chi connectivity index (χ2v) is 3.63. The number of hydrogen-bond donors (Lipinski definition) is 0. The summed E-state index contributed by atoms with van der Waals surface area (Å²) in [4.78, 5) is 9.47. The van der Waals surface area contributed by atoms with E-state index in [2.05, 4.69) is 9.97 Å². The fourth-order valence-corrected chi connectivity index (χ4v) is 1.52. The van der Waals surface area contributed by atoms with Crippen molar-refractivity contribution < 1.29 is 8.78 Å². The molecule has 0 spiro atoms. The Balaban J connectivity index is 2.82. The zero-order valence-corrected chi connectivity index (χ0v) is 9.79. The third-order valence-electron chi connectivity index (χ3n) is 2.11. The largest absolute Gasteiger partial charge is 0.350 e. The molecule has 0 atom stereocenters. The van der Waals surface area contributed by atoms with Gasteiger partial charge in [-0.3, -0.25) is 0 Å². The van der Waals surface area contributed by atoms with Gasteiger partial charge in [0.2, 0.25) is 0 Å². The summed E-state index contributed by atoms with van der Waals surface area (Å²) in [6.07, 6.45) is -0.261. The van der Waals surface area contributed by atoms with Crippen LogP contribution in [0, 0.1) is 0 Å². The van der Waals surface area contributed by atoms with E-state index in [9.17, 15) is 8.78 Å². The molecule has 0 unspecified atom stereocenters. The summed E-state index contributed by atoms with van der Waals surface area (Å²) in [6.45, 7) is 1.95. The SMILES string of the molecule is CCc1cc(N(CCCl)CC(F)F)ncn1. The molecule has 0 radical (unpaired) electrons. The predicted molar refractivity (Wildman–Crippen MR) is 60.3 cm³/mol. The Hall–Kier alpha value is -0.970. The van der Waals surface area contributed by atoms with Crippen molar-refractivity contribution in [3.8, 4) is 0 Å². The van der Waals surface area contributed by atoms with Crippen LogP contribution in [-0.2, 0) is 6.42 Å². The number of anilines is 1. The third-order valence-corrected chi connectivity index (χ3v) is 2.28. The first-order chi connectivity index (χ1) is 7.67. The number of halogens is 3. The van der Waals surface area contributed by atoms with E-state index >= 15 is 0 Å². The molecular weight excluding hydrogens is 236 g/mol. The fraction of sp³-hybridized carbons (Fsp3) is 0.600. The number of alkyl halides is 3. The smallest absolute Gasteiger partial charge is 0.255 e. The van der Waals surface area contributed by atoms with Crippen molar-refractivity contribution in [2.45, 2.75) is 19.8 Å². The van der Waals surface area contributed by atoms with Crippen LogP contribution >= 0.6 is 11.6 Å². The summed E-state index contributed by atoms with van der Waals surface area (Å²) in [5.74, 6) is 0.797. The standard InChI is InChI=1S/C10H14ClF2N3/c1-2-8-5-10(15-7-14-8)16(4-3-11)6-9(12)13/h5,7,9H,2-4,6H2,1H3. The van der Waals surface area contributed by atoms with Crippen LogP contribution in [0.25, 0.3) is 0 Å². The van der Waals surface area contributed by atoms with Gasteiger partial charge in [0, 0.05) is 24.2 Å². The molecule has 16 heavy (non-hydrogen) atoms. The van der Waals surface area contributed by atoms with Crippen LogP contribution in [0.1, 0.15) is 12.6 Å². The van der Waals surface area contributed by atoms with Gasteiger partial charge in [-0.15, -0.1) is 11.6 Å². The summed E-state index contributed by atoms with van der Waals surface area (Å²) in [5, 5.41) is 0. The Morgan fingerprint density at radius 2 is 2.19 bits per heavy atom. The van der Waals surface area contributed by atoms with E-state index in [1.165, 1.54) is 11.2 Å². The first-order valence-electron chi connectivity index (χ1n) is 5.07. The lowest BCUT2D eigenvalue weighted by Crippen LogP contribution is -2.31. The van der Waals surface area contributed by atoms with E-state index in [-0.39, 0.29) is 12.4 Å². The molecule has 6 heteroatoms. The number of hydrogen-bond acceptors (Lipinski definition) is 3. The first-order valence-corrected chi connectivity index (χ1v) is 5.60. The van der Waals surface area contributed by atoms with E-state index in [0.29, 0.717) is 12.4 Å². The van der Waals surface area contributed by atoms with E-state index in [1.54, 1.807) is 6.07 Å². The first kappa shape index (κ1) is 13.1. The summed E-state index contributed by atoms with van der Waals surface area (Å²) in [6, 6.07) is 1.72. The molecule has 0 aromatic carbocycles. The number of rotatable bonds is 6. The predicted octanol–water partition coefficient (Wildman–Crippen LogP) is 2.35. The van der Waals surface area contributed by atoms with Gasteiger partial charge in [-0.25, -0.2) is 18.7 Å². The highest BCUT2D eigenvalue weighted by Gasteiger charge is 2.13. The van der Waals surface area contributed by atoms with Crippen LogP contribution in [0.4, 0.5) is 14.6 Å². The number of aromatic nitrogens is 2. The maximum atomic E-state index is 12.3. The molecule has 0 aliphatic heterocycles. The van der Waals surface area contributed by atoms with Crippen molar-refractivity contribution in [3.05, 3.63) is 18.1 Å². The maximum absolute atomic E-state index is 12.3. The maximum Gasteiger partial charge on any atom is 0.255 e. The summed E-state index contributed by atoms with van der Waals surface area (Å²) in [5.41, 5.74) is 0.832. The van der Waals surface area contributed by atoms with Crippen LogP contribution in [0.5, 0.6) is 0 Å². The van der Waals surface area contributed by atoms with Crippen molar-refractivity contribution in [1.82, 2.24) is 9.97 Å². The zero-order chi connectivity index (χ0) is 12.0. The molecule has 0 saturated carbocycles. The Morgan fingerprint density at radius 1 is 1.44 bits per heavy atom. The lowest BCUT2D eigenvalue weighted by molar-refractivity contribution is 0.155. The molecule has 0 fully saturated rings. The van der Waals surface area contributed by atoms with E-state index < -0.39 is 6.43 Å². The van der Waals surface area contributed by atoms with Crippen LogP contribution < -0.4 is 4.90 Å². The minimum absolute atomic E-state index is 0.290. The quantitative estimate of drug-likeness (QED) is 0.725. The third kappa shape index (κ3) is 3.89. The molecule has 0 amide bonds. The molecule has 0 N–H and O–H groups in total. The van der Waals surface area contributed by atoms with Gasteiger partial charge in [0.25, 0.3) is 6.43 Å². The average Bonchev–Trinajstić information content (AvgIpc) is 2.28. The lowest BCUT2D eigenvalue weighted by atomic mass is 10.3. The molecular formula is C10H14ClF2N3. The van der Waals surface area contributed by atoms with Crippen LogP contribution in [0.2, 0.25) is 0 Å². The van der Waals surface area contributed by atoms with Gasteiger partial charge >= 0.3 is 0 Å². The molecule has 90 valence electrons. The van der Waals surface area contributed by atoms with Gasteiger partial charge < -0.3 is 4.90 Å². The Kier molecular flexibility index (Phi) is 5.38. The number of nitrogens with zero attached hydrogens (tertiary/aromatic N) is 3. The topological polar surface area (TPSA) is 29.0 Å². The Labute approximate surface area is 98.5 Å². The Morgan fingerprint density at radius 3 is 2.75 bits per heavy atom. The number of aryl methyl sites for hydroxylation is 1. The summed E-state index contributed by atoms with van der Waals surface area (Å²) in [7, 11) is 0. The normalized spacial score (nSPS) is 10.8. The molecule has 3 nitrogen and oxygen atoms in total. The van der Waals surface area contributed by atoms with E-state index in [1.807, 2.05) is 6.92 Å². The van der Waals surface area contributed by atoms with Gasteiger partial charge in [-0.1, -0.05) is 6.92 Å². The van der Waals surface area contributed by atoms with E-state index in [4.69, 9.17) is 11.6 Å². The van der Waals surface area contributed by atoms with Gasteiger partial charge in [0.1, 0.15) is 12.1 Å². The van der Waals surface area contributed by atoms with Crippen molar-refractivity contribution in [1.29, 1.82) is 0 Å². The summed E-state index contributed by atoms with van der Waals surface area (Å²) < 4.78 is 24.7. The minimum Gasteiger partial charge on any atom is -0.350 e. The fourth-order valence-electron chi connectivity index (χ4n) is 1.32. The highest BCUT2D eigenvalue weighted by molar-refractivity contribution is 6.18. The van der Waals surface area contributed by atoms with Crippen molar-refractivity contribution in [2.75, 3.05) is 23.9 Å². The molecule has 0 aliphatic carbocycles. The van der Waals surface area contributed by atoms with Crippen LogP contribution in [0.3, 0.4) is 0 Å². The molecule has 1 heterocycles. The van der Waals surface area contributed by atoms with Crippen molar-refractivity contribution in [3.63, 3.8) is 0 Å². The van der Waals surface area contributed by atoms with Gasteiger partial charge in [-0.05, 0) is 6.42 Å². The van der Waals surface area contributed by atoms with Crippen LogP contribution in [0.15, 0.2) is 12.4 Å². The molecule has 1 aromatic heterocycles. The lowest BCUT2D eigenvalue weighted by Gasteiger charge is -2.22. The molecule has 0 bridgehead atoms. The molecule has 0 aliphatic rings. The van der Waals surface area contributed by atoms with Gasteiger partial charge in [0.15, 0.2) is 0 Å². The summed E-state index contributed by atoms with van der Waals surface area (Å²) >= 11 is 5.57. The van der Waals surface area contributed by atoms with E-state index in [0.717, 1.165) is 12.1 Å². The molecule has 1 rings (SSSR count). The average molecular weight is 250 g/mol. The van der Waals surface area contributed by atoms with Gasteiger partial charge in [-0.2, -0.15) is 0 Å². The van der Waals surface area contributed by atoms with Crippen molar-refractivity contribution >= 4 is 17.4 Å². The second-order valence-electron chi connectivity index (χ2n) is 3.25. The monoisotopic (exact) mass is 249 g/mol. The highest BCUT2D eigenvalue weighted by atomic mass is 35.5. The molecule has 1 aromatic rings. The highest BCUT2D eigenvalue weighted by Crippen LogP contribution is 2.13. The minimum atomic E-state index is -2.40. The van der Waals surface area contributed by atoms with Crippen LogP contribution in [-0.4, -0.2) is 35.4 Å². The molecule has 0 saturated heterocycles.